The Morgan fingerprint density at radius 1 is 0.909 bits per heavy atom. The molecule has 0 aromatic heterocycles. The molecule has 3 fully saturated rings. The van der Waals surface area contributed by atoms with Crippen LogP contribution in [0.1, 0.15) is 28.8 Å². The number of likely N-dealkylation sites (tertiary alicyclic amines) is 1. The van der Waals surface area contributed by atoms with Crippen molar-refractivity contribution in [1.82, 2.24) is 14.1 Å². The summed E-state index contributed by atoms with van der Waals surface area (Å²) in [6.07, 6.45) is 2.45. The van der Waals surface area contributed by atoms with Crippen molar-refractivity contribution in [3.05, 3.63) is 88.4 Å². The van der Waals surface area contributed by atoms with Gasteiger partial charge in [0.1, 0.15) is 17.4 Å². The molecule has 2 unspecified atom stereocenters. The SMILES string of the molecule is COc1ccc(S(=O)(=O)N2CCN(CCc3ccc(F)cc3)CC2)cc1N1C2CCC1CN(C(=O)c1ccc(F)cc1Cl)C2. The standard InChI is InChI=1S/C32H35ClF2N4O4S/c1-43-31-11-9-27(44(41,42)38-16-14-36(15-17-38)13-12-22-2-4-23(34)5-3-22)19-30(31)39-25-7-8-26(39)21-37(20-25)32(40)28-10-6-24(35)18-29(28)33/h2-6,9-11,18-19,25-26H,7-8,12-17,20-21H2,1H3. The van der Waals surface area contributed by atoms with Gasteiger partial charge in [0.05, 0.1) is 28.3 Å². The molecule has 3 aromatic rings. The van der Waals surface area contributed by atoms with E-state index in [-0.39, 0.29) is 39.3 Å². The van der Waals surface area contributed by atoms with Crippen LogP contribution in [0.15, 0.2) is 65.6 Å². The molecular weight excluding hydrogens is 610 g/mol. The van der Waals surface area contributed by atoms with Crippen LogP contribution in [0.25, 0.3) is 0 Å². The van der Waals surface area contributed by atoms with Gasteiger partial charge in [-0.1, -0.05) is 23.7 Å². The molecule has 2 bridgehead atoms. The summed E-state index contributed by atoms with van der Waals surface area (Å²) in [5.74, 6) is -0.423. The lowest BCUT2D eigenvalue weighted by Gasteiger charge is -2.43. The maximum atomic E-state index is 13.8. The second-order valence-electron chi connectivity index (χ2n) is 11.6. The lowest BCUT2D eigenvalue weighted by atomic mass is 10.1. The molecule has 1 amide bonds. The van der Waals surface area contributed by atoms with E-state index in [0.29, 0.717) is 50.7 Å². The highest BCUT2D eigenvalue weighted by atomic mass is 35.5. The lowest BCUT2D eigenvalue weighted by Crippen LogP contribution is -2.55. The third-order valence-corrected chi connectivity index (χ3v) is 11.2. The number of amides is 1. The van der Waals surface area contributed by atoms with Gasteiger partial charge in [-0.05, 0) is 73.4 Å². The zero-order valence-corrected chi connectivity index (χ0v) is 26.0. The zero-order chi connectivity index (χ0) is 31.0. The second kappa shape index (κ2) is 12.6. The van der Waals surface area contributed by atoms with E-state index in [1.54, 1.807) is 42.3 Å². The minimum Gasteiger partial charge on any atom is -0.495 e. The van der Waals surface area contributed by atoms with Crippen LogP contribution in [0.4, 0.5) is 14.5 Å². The molecule has 0 spiro atoms. The van der Waals surface area contributed by atoms with E-state index in [1.165, 1.54) is 28.6 Å². The number of piperazine rings is 2. The van der Waals surface area contributed by atoms with Crippen molar-refractivity contribution >= 4 is 33.2 Å². The van der Waals surface area contributed by atoms with E-state index in [0.717, 1.165) is 37.4 Å². The molecule has 6 rings (SSSR count). The molecule has 44 heavy (non-hydrogen) atoms. The van der Waals surface area contributed by atoms with Crippen LogP contribution in [0, 0.1) is 11.6 Å². The van der Waals surface area contributed by atoms with Gasteiger partial charge in [-0.2, -0.15) is 4.31 Å². The predicted molar refractivity (Wildman–Crippen MR) is 165 cm³/mol. The van der Waals surface area contributed by atoms with Crippen molar-refractivity contribution in [2.75, 3.05) is 57.8 Å². The molecule has 0 N–H and O–H groups in total. The molecule has 3 saturated heterocycles. The third kappa shape index (κ3) is 6.15. The Hall–Kier alpha value is -3.25. The molecule has 2 atom stereocenters. The average molecular weight is 645 g/mol. The Balaban J connectivity index is 1.14. The Bertz CT molecular complexity index is 1620. The van der Waals surface area contributed by atoms with E-state index in [2.05, 4.69) is 9.80 Å². The second-order valence-corrected chi connectivity index (χ2v) is 13.9. The van der Waals surface area contributed by atoms with Crippen LogP contribution in [-0.4, -0.2) is 93.4 Å². The first-order valence-corrected chi connectivity index (χ1v) is 16.6. The Labute approximate surface area is 261 Å². The van der Waals surface area contributed by atoms with Crippen molar-refractivity contribution < 1.29 is 26.7 Å². The Morgan fingerprint density at radius 2 is 1.57 bits per heavy atom. The summed E-state index contributed by atoms with van der Waals surface area (Å²) >= 11 is 6.18. The van der Waals surface area contributed by atoms with Crippen molar-refractivity contribution in [3.8, 4) is 5.75 Å². The number of ether oxygens (including phenoxy) is 1. The third-order valence-electron chi connectivity index (χ3n) is 8.96. The monoisotopic (exact) mass is 644 g/mol. The van der Waals surface area contributed by atoms with Crippen LogP contribution >= 0.6 is 11.6 Å². The molecule has 0 aliphatic carbocycles. The number of anilines is 1. The number of nitrogens with zero attached hydrogens (tertiary/aromatic N) is 4. The van der Waals surface area contributed by atoms with Gasteiger partial charge in [-0.15, -0.1) is 0 Å². The van der Waals surface area contributed by atoms with Gasteiger partial charge >= 0.3 is 0 Å². The molecule has 3 aliphatic heterocycles. The normalized spacial score (nSPS) is 21.1. The molecule has 12 heteroatoms. The number of rotatable bonds is 8. The number of sulfonamides is 1. The van der Waals surface area contributed by atoms with E-state index < -0.39 is 15.8 Å². The van der Waals surface area contributed by atoms with Crippen LogP contribution < -0.4 is 9.64 Å². The highest BCUT2D eigenvalue weighted by Crippen LogP contribution is 2.41. The first-order valence-electron chi connectivity index (χ1n) is 14.8. The van der Waals surface area contributed by atoms with Gasteiger partial charge < -0.3 is 19.4 Å². The van der Waals surface area contributed by atoms with Gasteiger partial charge in [-0.25, -0.2) is 17.2 Å². The summed E-state index contributed by atoms with van der Waals surface area (Å²) in [5, 5.41) is 0.0815. The van der Waals surface area contributed by atoms with Crippen molar-refractivity contribution in [1.29, 1.82) is 0 Å². The molecule has 234 valence electrons. The molecule has 3 aliphatic rings. The first-order chi connectivity index (χ1) is 21.1. The highest BCUT2D eigenvalue weighted by molar-refractivity contribution is 7.89. The summed E-state index contributed by atoms with van der Waals surface area (Å²) < 4.78 is 61.6. The maximum absolute atomic E-state index is 13.8. The summed E-state index contributed by atoms with van der Waals surface area (Å²) in [7, 11) is -2.19. The molecule has 0 radical (unpaired) electrons. The van der Waals surface area contributed by atoms with Gasteiger partial charge in [0.2, 0.25) is 10.0 Å². The zero-order valence-electron chi connectivity index (χ0n) is 24.5. The van der Waals surface area contributed by atoms with Gasteiger partial charge in [0.25, 0.3) is 5.91 Å². The number of hydrogen-bond acceptors (Lipinski definition) is 6. The highest BCUT2D eigenvalue weighted by Gasteiger charge is 2.43. The summed E-state index contributed by atoms with van der Waals surface area (Å²) in [6.45, 7) is 3.63. The van der Waals surface area contributed by atoms with Gasteiger partial charge in [0.15, 0.2) is 0 Å². The lowest BCUT2D eigenvalue weighted by molar-refractivity contribution is 0.0718. The van der Waals surface area contributed by atoms with Crippen molar-refractivity contribution in [3.63, 3.8) is 0 Å². The smallest absolute Gasteiger partial charge is 0.255 e. The fourth-order valence-corrected chi connectivity index (χ4v) is 8.30. The quantitative estimate of drug-likeness (QED) is 0.355. The largest absolute Gasteiger partial charge is 0.495 e. The topological polar surface area (TPSA) is 73.4 Å². The van der Waals surface area contributed by atoms with E-state index in [9.17, 15) is 22.0 Å². The van der Waals surface area contributed by atoms with Crippen LogP contribution in [-0.2, 0) is 16.4 Å². The van der Waals surface area contributed by atoms with E-state index in [4.69, 9.17) is 16.3 Å². The number of carbonyl (C=O) groups is 1. The minimum atomic E-state index is -3.75. The minimum absolute atomic E-state index is 0.0339. The van der Waals surface area contributed by atoms with E-state index in [1.807, 2.05) is 0 Å². The first kappa shape index (κ1) is 30.8. The number of methoxy groups -OCH3 is 1. The molecule has 3 heterocycles. The number of hydrogen-bond donors (Lipinski definition) is 0. The molecule has 0 saturated carbocycles. The van der Waals surface area contributed by atoms with Gasteiger partial charge in [-0.3, -0.25) is 4.79 Å². The fraction of sp³-hybridized carbons (Fsp3) is 0.406. The molecule has 3 aromatic carbocycles. The summed E-state index contributed by atoms with van der Waals surface area (Å²) in [5.41, 5.74) is 2.01. The summed E-state index contributed by atoms with van der Waals surface area (Å²) in [4.78, 5) is 19.7. The Morgan fingerprint density at radius 3 is 2.20 bits per heavy atom. The molecule has 8 nitrogen and oxygen atoms in total. The van der Waals surface area contributed by atoms with Crippen LogP contribution in [0.3, 0.4) is 0 Å². The number of fused-ring (bicyclic) bond motifs is 2. The molecular formula is C32H35ClF2N4O4S. The van der Waals surface area contributed by atoms with Crippen LogP contribution in [0.2, 0.25) is 5.02 Å². The van der Waals surface area contributed by atoms with Crippen LogP contribution in [0.5, 0.6) is 5.75 Å². The van der Waals surface area contributed by atoms with Crippen molar-refractivity contribution in [2.45, 2.75) is 36.2 Å². The summed E-state index contributed by atoms with van der Waals surface area (Å²) in [6, 6.07) is 15.2. The van der Waals surface area contributed by atoms with E-state index >= 15 is 0 Å². The maximum Gasteiger partial charge on any atom is 0.255 e. The van der Waals surface area contributed by atoms with Gasteiger partial charge in [0, 0.05) is 57.9 Å². The average Bonchev–Trinajstić information content (AvgIpc) is 3.28. The van der Waals surface area contributed by atoms with Crippen molar-refractivity contribution in [2.24, 2.45) is 0 Å². The predicted octanol–water partition coefficient (Wildman–Crippen LogP) is 4.67. The number of benzene rings is 3. The number of carbonyl (C=O) groups excluding carboxylic acids is 1. The Kier molecular flexibility index (Phi) is 8.83. The fourth-order valence-electron chi connectivity index (χ4n) is 6.61. The number of halogens is 3.